The molecule has 2 aromatic rings. The van der Waals surface area contributed by atoms with E-state index in [1.54, 1.807) is 0 Å². The normalized spacial score (nSPS) is 14.6. The second kappa shape index (κ2) is 3.77. The van der Waals surface area contributed by atoms with Gasteiger partial charge >= 0.3 is 0 Å². The topological polar surface area (TPSA) is 96.3 Å². The van der Waals surface area contributed by atoms with E-state index in [0.717, 1.165) is 4.90 Å². The summed E-state index contributed by atoms with van der Waals surface area (Å²) in [7, 11) is 0. The highest BCUT2D eigenvalue weighted by Crippen LogP contribution is 2.31. The Labute approximate surface area is 106 Å². The van der Waals surface area contributed by atoms with Crippen molar-refractivity contribution in [2.24, 2.45) is 0 Å². The molecule has 7 heteroatoms. The molecule has 0 aliphatic carbocycles. The second-order valence-electron chi connectivity index (χ2n) is 4.01. The number of hydrogen-bond acceptors (Lipinski definition) is 4. The Kier molecular flexibility index (Phi) is 2.21. The Balaban J connectivity index is 2.19. The summed E-state index contributed by atoms with van der Waals surface area (Å²) in [5.41, 5.74) is 0.840. The number of amides is 2. The van der Waals surface area contributed by atoms with Crippen molar-refractivity contribution in [3.05, 3.63) is 46.7 Å². The average molecular weight is 257 g/mol. The number of rotatable bonds is 2. The number of aromatic nitrogens is 1. The van der Waals surface area contributed by atoms with Crippen molar-refractivity contribution in [1.82, 2.24) is 4.98 Å². The Hall–Kier alpha value is -2.96. The second-order valence-corrected chi connectivity index (χ2v) is 4.01. The zero-order valence-corrected chi connectivity index (χ0v) is 9.49. The van der Waals surface area contributed by atoms with Crippen LogP contribution in [-0.2, 0) is 9.59 Å². The molecule has 0 spiro atoms. The fourth-order valence-corrected chi connectivity index (χ4v) is 2.03. The lowest BCUT2D eigenvalue weighted by Crippen LogP contribution is -2.29. The Bertz CT molecular complexity index is 741. The number of nitrogens with one attached hydrogen (secondary N) is 1. The van der Waals surface area contributed by atoms with Gasteiger partial charge in [-0.2, -0.15) is 0 Å². The van der Waals surface area contributed by atoms with Crippen molar-refractivity contribution < 1.29 is 14.5 Å². The molecule has 0 unspecified atom stereocenters. The molecule has 1 aromatic carbocycles. The van der Waals surface area contributed by atoms with Crippen LogP contribution in [0.3, 0.4) is 0 Å². The van der Waals surface area contributed by atoms with Gasteiger partial charge in [0.1, 0.15) is 0 Å². The van der Waals surface area contributed by atoms with Crippen LogP contribution in [0.1, 0.15) is 0 Å². The lowest BCUT2D eigenvalue weighted by molar-refractivity contribution is -0.384. The van der Waals surface area contributed by atoms with Gasteiger partial charge in [0.15, 0.2) is 0 Å². The highest BCUT2D eigenvalue weighted by atomic mass is 16.6. The van der Waals surface area contributed by atoms with Gasteiger partial charge in [-0.1, -0.05) is 0 Å². The largest absolute Gasteiger partial charge is 0.359 e. The molecule has 0 bridgehead atoms. The number of nitrogens with zero attached hydrogens (tertiary/aromatic N) is 2. The zero-order chi connectivity index (χ0) is 13.6. The molecule has 1 aromatic heterocycles. The number of anilines is 1. The number of carbonyl (C=O) groups excluding carboxylic acids is 2. The van der Waals surface area contributed by atoms with E-state index < -0.39 is 16.7 Å². The molecule has 2 amide bonds. The first-order valence-corrected chi connectivity index (χ1v) is 5.39. The maximum Gasteiger partial charge on any atom is 0.270 e. The molecule has 0 fully saturated rings. The first-order chi connectivity index (χ1) is 9.08. The summed E-state index contributed by atoms with van der Waals surface area (Å²) < 4.78 is 0. The molecule has 0 atom stereocenters. The molecule has 0 saturated carbocycles. The third-order valence-corrected chi connectivity index (χ3v) is 2.90. The van der Waals surface area contributed by atoms with E-state index >= 15 is 0 Å². The van der Waals surface area contributed by atoms with Crippen molar-refractivity contribution in [2.75, 3.05) is 4.90 Å². The van der Waals surface area contributed by atoms with Gasteiger partial charge < -0.3 is 4.98 Å². The van der Waals surface area contributed by atoms with Crippen LogP contribution in [0.5, 0.6) is 0 Å². The summed E-state index contributed by atoms with van der Waals surface area (Å²) in [6, 6.07) is 4.23. The van der Waals surface area contributed by atoms with Gasteiger partial charge in [0, 0.05) is 41.4 Å². The van der Waals surface area contributed by atoms with E-state index in [-0.39, 0.29) is 5.69 Å². The van der Waals surface area contributed by atoms with Gasteiger partial charge in [-0.05, 0) is 6.07 Å². The number of non-ortho nitro benzene ring substituents is 1. The summed E-state index contributed by atoms with van der Waals surface area (Å²) in [6.45, 7) is 0. The fraction of sp³-hybridized carbons (Fsp3) is 0. The van der Waals surface area contributed by atoms with Crippen LogP contribution < -0.4 is 4.90 Å². The van der Waals surface area contributed by atoms with Crippen molar-refractivity contribution in [2.45, 2.75) is 0 Å². The average Bonchev–Trinajstić information content (AvgIpc) is 2.92. The lowest BCUT2D eigenvalue weighted by Gasteiger charge is -2.11. The molecule has 0 saturated heterocycles. The van der Waals surface area contributed by atoms with Crippen molar-refractivity contribution in [3.8, 4) is 0 Å². The highest BCUT2D eigenvalue weighted by Gasteiger charge is 2.27. The minimum absolute atomic E-state index is 0.0968. The third kappa shape index (κ3) is 1.60. The molecule has 19 heavy (non-hydrogen) atoms. The van der Waals surface area contributed by atoms with Crippen LogP contribution in [0.25, 0.3) is 10.9 Å². The van der Waals surface area contributed by atoms with Gasteiger partial charge in [0.25, 0.3) is 17.5 Å². The maximum atomic E-state index is 11.6. The van der Waals surface area contributed by atoms with Crippen LogP contribution in [0.15, 0.2) is 36.5 Å². The summed E-state index contributed by atoms with van der Waals surface area (Å²) in [5.74, 6) is -0.921. The fourth-order valence-electron chi connectivity index (χ4n) is 2.03. The highest BCUT2D eigenvalue weighted by molar-refractivity contribution is 6.30. The van der Waals surface area contributed by atoms with Crippen LogP contribution in [0.2, 0.25) is 0 Å². The molecule has 1 aliphatic rings. The van der Waals surface area contributed by atoms with E-state index in [1.807, 2.05) is 0 Å². The van der Waals surface area contributed by atoms with E-state index in [4.69, 9.17) is 0 Å². The van der Waals surface area contributed by atoms with Gasteiger partial charge in [0.2, 0.25) is 0 Å². The van der Waals surface area contributed by atoms with E-state index in [1.165, 1.54) is 36.5 Å². The van der Waals surface area contributed by atoms with Crippen LogP contribution in [-0.4, -0.2) is 21.7 Å². The molecular weight excluding hydrogens is 250 g/mol. The quantitative estimate of drug-likeness (QED) is 0.501. The third-order valence-electron chi connectivity index (χ3n) is 2.90. The standard InChI is InChI=1S/C12H7N3O4/c16-11-3-4-12(17)14(11)10-6-13-9-2-1-7(15(18)19)5-8(9)10/h1-6,13H. The molecular formula is C12H7N3O4. The van der Waals surface area contributed by atoms with Crippen LogP contribution in [0.4, 0.5) is 11.4 Å². The lowest BCUT2D eigenvalue weighted by atomic mass is 10.2. The first kappa shape index (κ1) is 11.1. The molecule has 94 valence electrons. The summed E-state index contributed by atoms with van der Waals surface area (Å²) in [5, 5.41) is 11.2. The van der Waals surface area contributed by atoms with Gasteiger partial charge in [-0.25, -0.2) is 4.90 Å². The minimum Gasteiger partial charge on any atom is -0.359 e. The van der Waals surface area contributed by atoms with Crippen molar-refractivity contribution in [1.29, 1.82) is 0 Å². The number of fused-ring (bicyclic) bond motifs is 1. The van der Waals surface area contributed by atoms with Crippen molar-refractivity contribution in [3.63, 3.8) is 0 Å². The number of aromatic amines is 1. The summed E-state index contributed by atoms with van der Waals surface area (Å²) in [6.07, 6.45) is 3.81. The van der Waals surface area contributed by atoms with E-state index in [2.05, 4.69) is 4.98 Å². The molecule has 2 heterocycles. The predicted octanol–water partition coefficient (Wildman–Crippen LogP) is 1.51. The number of nitro benzene ring substituents is 1. The summed E-state index contributed by atoms with van der Waals surface area (Å²) in [4.78, 5) is 37.3. The van der Waals surface area contributed by atoms with Gasteiger partial charge in [-0.15, -0.1) is 0 Å². The minimum atomic E-state index is -0.526. The Morgan fingerprint density at radius 2 is 1.84 bits per heavy atom. The van der Waals surface area contributed by atoms with Gasteiger partial charge in [-0.3, -0.25) is 19.7 Å². The van der Waals surface area contributed by atoms with Crippen LogP contribution in [0, 0.1) is 10.1 Å². The monoisotopic (exact) mass is 257 g/mol. The maximum absolute atomic E-state index is 11.6. The number of H-pyrrole nitrogens is 1. The Morgan fingerprint density at radius 3 is 2.47 bits per heavy atom. The SMILES string of the molecule is O=C1C=CC(=O)N1c1c[nH]c2ccc([N+](=O)[O-])cc12. The number of nitro groups is 1. The number of benzene rings is 1. The number of imide groups is 1. The zero-order valence-electron chi connectivity index (χ0n) is 9.49. The molecule has 7 nitrogen and oxygen atoms in total. The van der Waals surface area contributed by atoms with Gasteiger partial charge in [0.05, 0.1) is 10.6 Å². The van der Waals surface area contributed by atoms with E-state index in [9.17, 15) is 19.7 Å². The smallest absolute Gasteiger partial charge is 0.270 e. The first-order valence-electron chi connectivity index (χ1n) is 5.39. The predicted molar refractivity (Wildman–Crippen MR) is 66.6 cm³/mol. The number of carbonyl (C=O) groups is 2. The summed E-state index contributed by atoms with van der Waals surface area (Å²) >= 11 is 0. The number of hydrogen-bond donors (Lipinski definition) is 1. The molecule has 1 N–H and O–H groups in total. The van der Waals surface area contributed by atoms with Crippen molar-refractivity contribution >= 4 is 34.1 Å². The van der Waals surface area contributed by atoms with Crippen LogP contribution >= 0.6 is 0 Å². The molecule has 0 radical (unpaired) electrons. The Morgan fingerprint density at radius 1 is 1.16 bits per heavy atom. The van der Waals surface area contributed by atoms with E-state index in [0.29, 0.717) is 16.6 Å². The molecule has 3 rings (SSSR count). The molecule has 1 aliphatic heterocycles.